The fourth-order valence-corrected chi connectivity index (χ4v) is 1.61. The molecule has 0 spiro atoms. The lowest BCUT2D eigenvalue weighted by Gasteiger charge is -1.90. The normalized spacial score (nSPS) is 9.00. The largest absolute Gasteiger partial charge is 0.396 e. The summed E-state index contributed by atoms with van der Waals surface area (Å²) in [5, 5.41) is 10.2. The van der Waals surface area contributed by atoms with Crippen molar-refractivity contribution in [3.05, 3.63) is 91.3 Å². The molecule has 3 aromatic heterocycles. The summed E-state index contributed by atoms with van der Waals surface area (Å²) in [6.45, 7) is 0. The van der Waals surface area contributed by atoms with Crippen LogP contribution in [0.4, 0.5) is 11.4 Å². The Bertz CT molecular complexity index is 911. The smallest absolute Gasteiger partial charge is 0.305 e. The summed E-state index contributed by atoms with van der Waals surface area (Å²) in [4.78, 5) is 28.9. The van der Waals surface area contributed by atoms with Gasteiger partial charge in [0.2, 0.25) is 0 Å². The van der Waals surface area contributed by atoms with Crippen LogP contribution in [0.3, 0.4) is 0 Å². The molecule has 130 valence electrons. The van der Waals surface area contributed by atoms with E-state index in [0.717, 1.165) is 6.20 Å². The molecule has 0 unspecified atom stereocenters. The molecule has 0 saturated heterocycles. The molecule has 8 nitrogen and oxygen atoms in total. The Morgan fingerprint density at radius 3 is 2.16 bits per heavy atom. The Morgan fingerprint density at radius 1 is 1.16 bits per heavy atom. The first-order valence-electron chi connectivity index (χ1n) is 6.71. The maximum Gasteiger partial charge on any atom is 0.305 e. The van der Waals surface area contributed by atoms with Crippen molar-refractivity contribution >= 4 is 35.2 Å². The van der Waals surface area contributed by atoms with E-state index in [1.165, 1.54) is 24.4 Å². The zero-order chi connectivity index (χ0) is 18.7. The fourth-order valence-electron chi connectivity index (χ4n) is 1.30. The predicted octanol–water partition coefficient (Wildman–Crippen LogP) is 3.34. The number of pyridine rings is 3. The van der Waals surface area contributed by atoms with Gasteiger partial charge in [0.05, 0.1) is 15.1 Å². The Balaban J connectivity index is 0.000000191. The van der Waals surface area contributed by atoms with Crippen LogP contribution in [-0.4, -0.2) is 19.9 Å². The van der Waals surface area contributed by atoms with Crippen molar-refractivity contribution in [2.75, 3.05) is 5.73 Å². The van der Waals surface area contributed by atoms with Crippen molar-refractivity contribution in [3.8, 4) is 0 Å². The number of nitrogens with zero attached hydrogens (tertiary/aromatic N) is 2. The summed E-state index contributed by atoms with van der Waals surface area (Å²) in [7, 11) is 0. The first-order chi connectivity index (χ1) is 11.9. The molecule has 0 aliphatic heterocycles. The number of nitrogens with two attached hydrogens (primary N) is 1. The van der Waals surface area contributed by atoms with E-state index in [2.05, 4.69) is 15.0 Å². The molecule has 3 heterocycles. The lowest BCUT2D eigenvalue weighted by atomic mass is 10.4. The number of nitrogens with one attached hydrogen (secondary N) is 2. The molecule has 0 saturated carbocycles. The van der Waals surface area contributed by atoms with Gasteiger partial charge in [-0.05, 0) is 12.1 Å². The number of H-pyrrole nitrogens is 2. The van der Waals surface area contributed by atoms with Crippen molar-refractivity contribution < 1.29 is 4.92 Å². The van der Waals surface area contributed by atoms with Gasteiger partial charge >= 0.3 is 5.69 Å². The predicted molar refractivity (Wildman–Crippen MR) is 99.0 cm³/mol. The molecule has 0 aromatic carbocycles. The molecule has 0 atom stereocenters. The van der Waals surface area contributed by atoms with E-state index in [0.29, 0.717) is 10.2 Å². The van der Waals surface area contributed by atoms with E-state index < -0.39 is 4.92 Å². The molecule has 0 bridgehead atoms. The number of anilines is 1. The van der Waals surface area contributed by atoms with Crippen LogP contribution in [-0.2, 0) is 0 Å². The molecule has 0 aliphatic rings. The maximum atomic E-state index is 10.2. The lowest BCUT2D eigenvalue weighted by Crippen LogP contribution is -1.92. The number of halogens is 1. The van der Waals surface area contributed by atoms with Gasteiger partial charge in [-0.2, -0.15) is 0 Å². The highest BCUT2D eigenvalue weighted by molar-refractivity contribution is 7.71. The zero-order valence-electron chi connectivity index (χ0n) is 12.8. The number of nitrogen functional groups attached to an aromatic ring is 1. The minimum Gasteiger partial charge on any atom is -0.396 e. The number of nitro groups is 1. The van der Waals surface area contributed by atoms with E-state index in [1.807, 2.05) is 0 Å². The van der Waals surface area contributed by atoms with Crippen molar-refractivity contribution in [2.45, 2.75) is 0 Å². The molecule has 0 aliphatic carbocycles. The number of rotatable bonds is 1. The zero-order valence-corrected chi connectivity index (χ0v) is 14.3. The van der Waals surface area contributed by atoms with Gasteiger partial charge in [0.1, 0.15) is 11.2 Å². The highest BCUT2D eigenvalue weighted by Gasteiger charge is 2.09. The monoisotopic (exact) mass is 379 g/mol. The molecule has 0 amide bonds. The SMILES string of the molecule is Nc1c[nH]ccc1=S.O=[N+]([O-])c1cnccc1Cl.O=c1cc[nH]cc1. The minimum atomic E-state index is -0.574. The summed E-state index contributed by atoms with van der Waals surface area (Å²) in [5.41, 5.74) is 5.89. The second-order valence-electron chi connectivity index (χ2n) is 4.28. The number of hydrogen-bond acceptors (Lipinski definition) is 6. The van der Waals surface area contributed by atoms with Crippen LogP contribution in [0.15, 0.2) is 66.2 Å². The minimum absolute atomic E-state index is 0.0405. The van der Waals surface area contributed by atoms with E-state index in [4.69, 9.17) is 29.6 Å². The van der Waals surface area contributed by atoms with Crippen molar-refractivity contribution in [1.29, 1.82) is 0 Å². The van der Waals surface area contributed by atoms with Crippen molar-refractivity contribution in [2.24, 2.45) is 0 Å². The highest BCUT2D eigenvalue weighted by Crippen LogP contribution is 2.20. The van der Waals surface area contributed by atoms with Gasteiger partial charge in [0.15, 0.2) is 5.43 Å². The van der Waals surface area contributed by atoms with E-state index >= 15 is 0 Å². The van der Waals surface area contributed by atoms with Crippen LogP contribution in [0.5, 0.6) is 0 Å². The van der Waals surface area contributed by atoms with Crippen molar-refractivity contribution in [3.63, 3.8) is 0 Å². The third-order valence-corrected chi connectivity index (χ3v) is 3.18. The molecule has 3 aromatic rings. The van der Waals surface area contributed by atoms with E-state index in [-0.39, 0.29) is 16.1 Å². The highest BCUT2D eigenvalue weighted by atomic mass is 35.5. The summed E-state index contributed by atoms with van der Waals surface area (Å²) in [6, 6.07) is 6.07. The van der Waals surface area contributed by atoms with E-state index in [9.17, 15) is 14.9 Å². The van der Waals surface area contributed by atoms with Crippen LogP contribution in [0.1, 0.15) is 0 Å². The van der Waals surface area contributed by atoms with Crippen LogP contribution in [0.25, 0.3) is 0 Å². The molecule has 10 heteroatoms. The Kier molecular flexibility index (Phi) is 8.55. The Labute approximate surface area is 152 Å². The van der Waals surface area contributed by atoms with Gasteiger partial charge in [0, 0.05) is 43.1 Å². The first-order valence-corrected chi connectivity index (χ1v) is 7.50. The topological polar surface area (TPSA) is 131 Å². The molecule has 3 rings (SSSR count). The van der Waals surface area contributed by atoms with Gasteiger partial charge < -0.3 is 15.7 Å². The summed E-state index contributed by atoms with van der Waals surface area (Å²) in [5.74, 6) is 0. The van der Waals surface area contributed by atoms with E-state index in [1.54, 1.807) is 30.9 Å². The van der Waals surface area contributed by atoms with Gasteiger partial charge in [-0.1, -0.05) is 23.8 Å². The molecule has 0 radical (unpaired) electrons. The van der Waals surface area contributed by atoms with Crippen LogP contribution < -0.4 is 11.2 Å². The molecular formula is C15H14ClN5O3S. The van der Waals surface area contributed by atoms with Crippen LogP contribution in [0, 0.1) is 14.6 Å². The third kappa shape index (κ3) is 7.86. The lowest BCUT2D eigenvalue weighted by molar-refractivity contribution is -0.385. The van der Waals surface area contributed by atoms with Gasteiger partial charge in [-0.15, -0.1) is 0 Å². The first kappa shape index (κ1) is 20.0. The average molecular weight is 380 g/mol. The molecule has 25 heavy (non-hydrogen) atoms. The number of hydrogen-bond donors (Lipinski definition) is 3. The number of aromatic nitrogens is 3. The number of aromatic amines is 2. The summed E-state index contributed by atoms with van der Waals surface area (Å²) >= 11 is 10.2. The maximum absolute atomic E-state index is 10.2. The second kappa shape index (κ2) is 10.7. The third-order valence-electron chi connectivity index (χ3n) is 2.49. The van der Waals surface area contributed by atoms with Gasteiger partial charge in [-0.25, -0.2) is 0 Å². The summed E-state index contributed by atoms with van der Waals surface area (Å²) in [6.07, 6.45) is 9.13. The Hall–Kier alpha value is -3.04. The van der Waals surface area contributed by atoms with Crippen molar-refractivity contribution in [1.82, 2.24) is 15.0 Å². The molecule has 4 N–H and O–H groups in total. The van der Waals surface area contributed by atoms with Gasteiger partial charge in [-0.3, -0.25) is 19.9 Å². The Morgan fingerprint density at radius 2 is 1.80 bits per heavy atom. The fraction of sp³-hybridized carbons (Fsp3) is 0. The van der Waals surface area contributed by atoms with Crippen LogP contribution >= 0.6 is 23.8 Å². The summed E-state index contributed by atoms with van der Waals surface area (Å²) < 4.78 is 0.698. The van der Waals surface area contributed by atoms with Crippen LogP contribution in [0.2, 0.25) is 5.02 Å². The quantitative estimate of drug-likeness (QED) is 0.337. The standard InChI is InChI=1S/C5H3ClN2O2.C5H6N2S.C5H5NO/c6-4-1-2-7-3-5(4)8(9)10;6-4-3-7-2-1-5(4)8;7-5-1-3-6-4-2-5/h1-3H;1-3H,6H2,(H,7,8);1-4H,(H,6,7). The average Bonchev–Trinajstić information content (AvgIpc) is 2.60. The second-order valence-corrected chi connectivity index (χ2v) is 5.13. The van der Waals surface area contributed by atoms with Gasteiger partial charge in [0.25, 0.3) is 0 Å². The molecular weight excluding hydrogens is 366 g/mol. The molecule has 0 fully saturated rings.